The Kier molecular flexibility index (Phi) is 4.19. The SMILES string of the molecule is CCc1nnc(C)cc1C(NN)c1ccccc1F. The molecule has 1 aromatic carbocycles. The van der Waals surface area contributed by atoms with E-state index in [-0.39, 0.29) is 5.82 Å². The lowest BCUT2D eigenvalue weighted by Gasteiger charge is -2.19. The first-order valence-corrected chi connectivity index (χ1v) is 6.21. The smallest absolute Gasteiger partial charge is 0.128 e. The average molecular weight is 260 g/mol. The fourth-order valence-corrected chi connectivity index (χ4v) is 2.12. The second-order valence-electron chi connectivity index (χ2n) is 4.36. The van der Waals surface area contributed by atoms with Gasteiger partial charge in [-0.15, -0.1) is 0 Å². The van der Waals surface area contributed by atoms with Gasteiger partial charge < -0.3 is 0 Å². The summed E-state index contributed by atoms with van der Waals surface area (Å²) < 4.78 is 13.9. The van der Waals surface area contributed by atoms with Crippen molar-refractivity contribution in [3.63, 3.8) is 0 Å². The Balaban J connectivity index is 2.54. The van der Waals surface area contributed by atoms with Crippen molar-refractivity contribution in [1.29, 1.82) is 0 Å². The van der Waals surface area contributed by atoms with Gasteiger partial charge >= 0.3 is 0 Å². The molecular formula is C14H17FN4. The molecule has 4 nitrogen and oxygen atoms in total. The third-order valence-corrected chi connectivity index (χ3v) is 3.05. The molecule has 3 N–H and O–H groups in total. The molecule has 5 heteroatoms. The molecule has 0 spiro atoms. The van der Waals surface area contributed by atoms with Crippen molar-refractivity contribution in [2.45, 2.75) is 26.3 Å². The van der Waals surface area contributed by atoms with Gasteiger partial charge in [-0.3, -0.25) is 5.84 Å². The first-order chi connectivity index (χ1) is 9.17. The van der Waals surface area contributed by atoms with E-state index in [1.807, 2.05) is 19.9 Å². The van der Waals surface area contributed by atoms with Gasteiger partial charge in [0.1, 0.15) is 5.82 Å². The van der Waals surface area contributed by atoms with Crippen molar-refractivity contribution in [2.24, 2.45) is 5.84 Å². The first kappa shape index (κ1) is 13.6. The second-order valence-corrected chi connectivity index (χ2v) is 4.36. The normalized spacial score (nSPS) is 12.4. The number of nitrogens with two attached hydrogens (primary N) is 1. The molecule has 0 amide bonds. The van der Waals surface area contributed by atoms with Crippen molar-refractivity contribution >= 4 is 0 Å². The van der Waals surface area contributed by atoms with E-state index in [2.05, 4.69) is 15.6 Å². The van der Waals surface area contributed by atoms with Gasteiger partial charge in [0.2, 0.25) is 0 Å². The monoisotopic (exact) mass is 260 g/mol. The van der Waals surface area contributed by atoms with Crippen LogP contribution in [0.4, 0.5) is 4.39 Å². The van der Waals surface area contributed by atoms with Crippen molar-refractivity contribution < 1.29 is 4.39 Å². The maximum absolute atomic E-state index is 13.9. The summed E-state index contributed by atoms with van der Waals surface area (Å²) in [5.74, 6) is 5.32. The van der Waals surface area contributed by atoms with E-state index in [0.29, 0.717) is 5.56 Å². The van der Waals surface area contributed by atoms with Crippen molar-refractivity contribution in [2.75, 3.05) is 0 Å². The fraction of sp³-hybridized carbons (Fsp3) is 0.286. The van der Waals surface area contributed by atoms with Gasteiger partial charge in [-0.1, -0.05) is 25.1 Å². The number of aryl methyl sites for hydroxylation is 2. The van der Waals surface area contributed by atoms with Crippen LogP contribution in [0.5, 0.6) is 0 Å². The third-order valence-electron chi connectivity index (χ3n) is 3.05. The van der Waals surface area contributed by atoms with E-state index in [1.165, 1.54) is 6.07 Å². The molecule has 1 aromatic heterocycles. The fourth-order valence-electron chi connectivity index (χ4n) is 2.12. The number of hydrazine groups is 1. The third kappa shape index (κ3) is 2.77. The summed E-state index contributed by atoms with van der Waals surface area (Å²) in [5, 5.41) is 8.18. The Morgan fingerprint density at radius 1 is 1.26 bits per heavy atom. The van der Waals surface area contributed by atoms with Crippen LogP contribution < -0.4 is 11.3 Å². The number of hydrogen-bond donors (Lipinski definition) is 2. The Morgan fingerprint density at radius 2 is 2.00 bits per heavy atom. The highest BCUT2D eigenvalue weighted by atomic mass is 19.1. The molecule has 100 valence electrons. The Labute approximate surface area is 111 Å². The topological polar surface area (TPSA) is 63.8 Å². The summed E-state index contributed by atoms with van der Waals surface area (Å²) in [4.78, 5) is 0. The summed E-state index contributed by atoms with van der Waals surface area (Å²) in [6.07, 6.45) is 0.718. The average Bonchev–Trinajstić information content (AvgIpc) is 2.42. The van der Waals surface area contributed by atoms with E-state index in [1.54, 1.807) is 18.2 Å². The van der Waals surface area contributed by atoms with E-state index < -0.39 is 6.04 Å². The van der Waals surface area contributed by atoms with E-state index >= 15 is 0 Å². The Hall–Kier alpha value is -1.85. The van der Waals surface area contributed by atoms with Crippen LogP contribution in [0.1, 0.15) is 35.5 Å². The molecule has 0 aliphatic rings. The van der Waals surface area contributed by atoms with Crippen LogP contribution >= 0.6 is 0 Å². The quantitative estimate of drug-likeness (QED) is 0.652. The number of aromatic nitrogens is 2. The number of halogens is 1. The van der Waals surface area contributed by atoms with Crippen molar-refractivity contribution in [1.82, 2.24) is 15.6 Å². The predicted octanol–water partition coefficient (Wildman–Crippen LogP) is 2.04. The van der Waals surface area contributed by atoms with Crippen LogP contribution in [0.25, 0.3) is 0 Å². The van der Waals surface area contributed by atoms with E-state index in [0.717, 1.165) is 23.4 Å². The summed E-state index contributed by atoms with van der Waals surface area (Å²) in [7, 11) is 0. The summed E-state index contributed by atoms with van der Waals surface area (Å²) >= 11 is 0. The van der Waals surface area contributed by atoms with Gasteiger partial charge in [0.05, 0.1) is 17.4 Å². The minimum atomic E-state index is -0.426. The number of benzene rings is 1. The molecule has 1 heterocycles. The molecule has 0 saturated heterocycles. The lowest BCUT2D eigenvalue weighted by atomic mass is 9.96. The molecule has 0 aliphatic carbocycles. The minimum Gasteiger partial charge on any atom is -0.271 e. The molecule has 0 fully saturated rings. The highest BCUT2D eigenvalue weighted by Crippen LogP contribution is 2.26. The number of nitrogens with zero attached hydrogens (tertiary/aromatic N) is 2. The molecule has 2 rings (SSSR count). The molecule has 1 unspecified atom stereocenters. The van der Waals surface area contributed by atoms with Crippen LogP contribution in [0.15, 0.2) is 30.3 Å². The van der Waals surface area contributed by atoms with Crippen LogP contribution in [-0.4, -0.2) is 10.2 Å². The highest BCUT2D eigenvalue weighted by Gasteiger charge is 2.20. The minimum absolute atomic E-state index is 0.290. The molecule has 2 aromatic rings. The molecular weight excluding hydrogens is 243 g/mol. The molecule has 0 radical (unpaired) electrons. The maximum Gasteiger partial charge on any atom is 0.128 e. The zero-order chi connectivity index (χ0) is 13.8. The van der Waals surface area contributed by atoms with Crippen LogP contribution in [0.3, 0.4) is 0 Å². The first-order valence-electron chi connectivity index (χ1n) is 6.21. The van der Waals surface area contributed by atoms with Gasteiger partial charge in [0.15, 0.2) is 0 Å². The summed E-state index contributed by atoms with van der Waals surface area (Å²) in [6, 6.07) is 8.05. The summed E-state index contributed by atoms with van der Waals surface area (Å²) in [5.41, 5.74) is 5.64. The Morgan fingerprint density at radius 3 is 2.63 bits per heavy atom. The van der Waals surface area contributed by atoms with Crippen molar-refractivity contribution in [3.05, 3.63) is 58.7 Å². The highest BCUT2D eigenvalue weighted by molar-refractivity contribution is 5.35. The molecule has 1 atom stereocenters. The van der Waals surface area contributed by atoms with Gasteiger partial charge in [0.25, 0.3) is 0 Å². The van der Waals surface area contributed by atoms with Crippen LogP contribution in [-0.2, 0) is 6.42 Å². The molecule has 19 heavy (non-hydrogen) atoms. The predicted molar refractivity (Wildman–Crippen MR) is 71.7 cm³/mol. The molecule has 0 bridgehead atoms. The zero-order valence-corrected chi connectivity index (χ0v) is 11.0. The maximum atomic E-state index is 13.9. The van der Waals surface area contributed by atoms with Crippen LogP contribution in [0, 0.1) is 12.7 Å². The van der Waals surface area contributed by atoms with Crippen molar-refractivity contribution in [3.8, 4) is 0 Å². The van der Waals surface area contributed by atoms with Gasteiger partial charge in [-0.25, -0.2) is 9.82 Å². The number of hydrogen-bond acceptors (Lipinski definition) is 4. The van der Waals surface area contributed by atoms with E-state index in [4.69, 9.17) is 5.84 Å². The standard InChI is InChI=1S/C14H17FN4/c1-3-13-11(8-9(2)18-19-13)14(17-16)10-6-4-5-7-12(10)15/h4-8,14,17H,3,16H2,1-2H3. The zero-order valence-electron chi connectivity index (χ0n) is 11.0. The summed E-state index contributed by atoms with van der Waals surface area (Å²) in [6.45, 7) is 3.84. The van der Waals surface area contributed by atoms with Crippen LogP contribution in [0.2, 0.25) is 0 Å². The second kappa shape index (κ2) is 5.86. The lowest BCUT2D eigenvalue weighted by molar-refractivity contribution is 0.555. The largest absolute Gasteiger partial charge is 0.271 e. The van der Waals surface area contributed by atoms with E-state index in [9.17, 15) is 4.39 Å². The number of nitrogens with one attached hydrogen (secondary N) is 1. The molecule has 0 saturated carbocycles. The lowest BCUT2D eigenvalue weighted by Crippen LogP contribution is -2.30. The number of rotatable bonds is 4. The molecule has 0 aliphatic heterocycles. The van der Waals surface area contributed by atoms with Gasteiger partial charge in [0, 0.05) is 11.1 Å². The van der Waals surface area contributed by atoms with Gasteiger partial charge in [-0.2, -0.15) is 10.2 Å². The Bertz CT molecular complexity index is 571. The van der Waals surface area contributed by atoms with Gasteiger partial charge in [-0.05, 0) is 25.5 Å².